The number of thiocarbonyl (C=S) groups is 1. The largest absolute Gasteiger partial charge is 0.454 e. The quantitative estimate of drug-likeness (QED) is 0.671. The lowest BCUT2D eigenvalue weighted by Gasteiger charge is -2.34. The highest BCUT2D eigenvalue weighted by molar-refractivity contribution is 7.80. The first-order valence-corrected chi connectivity index (χ1v) is 10.4. The van der Waals surface area contributed by atoms with Gasteiger partial charge < -0.3 is 25.0 Å². The summed E-state index contributed by atoms with van der Waals surface area (Å²) < 4.78 is 50.9. The molecule has 2 aliphatic rings. The Morgan fingerprint density at radius 1 is 1.19 bits per heavy atom. The molecule has 1 fully saturated rings. The van der Waals surface area contributed by atoms with Gasteiger partial charge in [0.05, 0.1) is 0 Å². The topological polar surface area (TPSA) is 71.5 Å². The van der Waals surface area contributed by atoms with Gasteiger partial charge in [-0.25, -0.2) is 4.98 Å². The molecule has 3 heterocycles. The van der Waals surface area contributed by atoms with Gasteiger partial charge in [-0.15, -0.1) is 0 Å². The van der Waals surface area contributed by atoms with E-state index in [4.69, 9.17) is 21.7 Å². The van der Waals surface area contributed by atoms with Gasteiger partial charge >= 0.3 is 6.18 Å². The molecule has 31 heavy (non-hydrogen) atoms. The second-order valence-electron chi connectivity index (χ2n) is 7.47. The molecule has 0 bridgehead atoms. The molecule has 0 radical (unpaired) electrons. The Labute approximate surface area is 183 Å². The van der Waals surface area contributed by atoms with Crippen LogP contribution in [0.2, 0.25) is 0 Å². The van der Waals surface area contributed by atoms with Gasteiger partial charge in [-0.1, -0.05) is 6.07 Å². The molecule has 4 rings (SSSR count). The summed E-state index contributed by atoms with van der Waals surface area (Å²) in [4.78, 5) is 9.82. The predicted octanol–water partition coefficient (Wildman–Crippen LogP) is 4.09. The molecular weight excluding hydrogens is 431 g/mol. The van der Waals surface area contributed by atoms with Gasteiger partial charge in [0.15, 0.2) is 22.3 Å². The highest BCUT2D eigenvalue weighted by Crippen LogP contribution is 2.33. The molecule has 7 nitrogen and oxygen atoms in total. The SMILES string of the molecule is CC1CCCCN1c1cc(C(F)(F)F)nc(NC(=S)NCc2ccc3c(c2)OCO3)n1. The molecular formula is C20H22F3N5O2S. The number of nitrogens with zero attached hydrogens (tertiary/aromatic N) is 3. The monoisotopic (exact) mass is 453 g/mol. The van der Waals surface area contributed by atoms with E-state index < -0.39 is 11.9 Å². The lowest BCUT2D eigenvalue weighted by Crippen LogP contribution is -2.38. The van der Waals surface area contributed by atoms with Crippen molar-refractivity contribution in [1.82, 2.24) is 15.3 Å². The van der Waals surface area contributed by atoms with E-state index in [0.29, 0.717) is 24.6 Å². The average Bonchev–Trinajstić information content (AvgIpc) is 3.19. The fraction of sp³-hybridized carbons (Fsp3) is 0.450. The van der Waals surface area contributed by atoms with E-state index in [0.717, 1.165) is 30.9 Å². The number of hydrogen-bond donors (Lipinski definition) is 2. The van der Waals surface area contributed by atoms with Crippen LogP contribution in [-0.2, 0) is 12.7 Å². The summed E-state index contributed by atoms with van der Waals surface area (Å²) in [7, 11) is 0. The maximum atomic E-state index is 13.4. The molecule has 2 N–H and O–H groups in total. The van der Waals surface area contributed by atoms with Crippen molar-refractivity contribution < 1.29 is 22.6 Å². The molecule has 1 saturated heterocycles. The Hall–Kier alpha value is -2.82. The minimum Gasteiger partial charge on any atom is -0.454 e. The zero-order chi connectivity index (χ0) is 22.0. The predicted molar refractivity (Wildman–Crippen MR) is 113 cm³/mol. The number of halogens is 3. The van der Waals surface area contributed by atoms with Gasteiger partial charge in [0.2, 0.25) is 12.7 Å². The van der Waals surface area contributed by atoms with E-state index in [1.54, 1.807) is 6.07 Å². The van der Waals surface area contributed by atoms with Crippen molar-refractivity contribution in [3.63, 3.8) is 0 Å². The summed E-state index contributed by atoms with van der Waals surface area (Å²) in [5.74, 6) is 1.36. The molecule has 166 valence electrons. The summed E-state index contributed by atoms with van der Waals surface area (Å²) >= 11 is 5.24. The third-order valence-corrected chi connectivity index (χ3v) is 5.46. The van der Waals surface area contributed by atoms with Crippen LogP contribution in [0.5, 0.6) is 11.5 Å². The minimum atomic E-state index is -4.59. The Balaban J connectivity index is 1.47. The molecule has 0 spiro atoms. The lowest BCUT2D eigenvalue weighted by molar-refractivity contribution is -0.141. The second kappa shape index (κ2) is 8.74. The van der Waals surface area contributed by atoms with Gasteiger partial charge in [-0.2, -0.15) is 18.2 Å². The zero-order valence-corrected chi connectivity index (χ0v) is 17.6. The molecule has 2 aliphatic heterocycles. The minimum absolute atomic E-state index is 0.105. The lowest BCUT2D eigenvalue weighted by atomic mass is 10.0. The van der Waals surface area contributed by atoms with E-state index in [9.17, 15) is 13.2 Å². The molecule has 2 aromatic rings. The smallest absolute Gasteiger partial charge is 0.433 e. The first-order chi connectivity index (χ1) is 14.8. The molecule has 0 aliphatic carbocycles. The fourth-order valence-electron chi connectivity index (χ4n) is 3.60. The molecule has 0 saturated carbocycles. The van der Waals surface area contributed by atoms with Crippen LogP contribution < -0.4 is 25.0 Å². The van der Waals surface area contributed by atoms with Crippen LogP contribution in [0.3, 0.4) is 0 Å². The van der Waals surface area contributed by atoms with E-state index in [2.05, 4.69) is 20.6 Å². The number of anilines is 2. The Kier molecular flexibility index (Phi) is 6.03. The number of hydrogen-bond acceptors (Lipinski definition) is 6. The highest BCUT2D eigenvalue weighted by atomic mass is 32.1. The third kappa shape index (κ3) is 5.09. The Morgan fingerprint density at radius 2 is 2.00 bits per heavy atom. The second-order valence-corrected chi connectivity index (χ2v) is 7.87. The Morgan fingerprint density at radius 3 is 2.77 bits per heavy atom. The summed E-state index contributed by atoms with van der Waals surface area (Å²) in [5, 5.41) is 5.76. The van der Waals surface area contributed by atoms with Gasteiger partial charge in [0, 0.05) is 25.2 Å². The molecule has 1 aromatic heterocycles. The Bertz CT molecular complexity index is 972. The number of nitrogens with one attached hydrogen (secondary N) is 2. The summed E-state index contributed by atoms with van der Waals surface area (Å²) in [6, 6.07) is 6.55. The molecule has 1 atom stereocenters. The number of alkyl halides is 3. The van der Waals surface area contributed by atoms with Crippen LogP contribution in [0.25, 0.3) is 0 Å². The summed E-state index contributed by atoms with van der Waals surface area (Å²) in [5.41, 5.74) is -0.127. The van der Waals surface area contributed by atoms with Crippen molar-refractivity contribution in [2.45, 2.75) is 44.9 Å². The van der Waals surface area contributed by atoms with Crippen LogP contribution in [-0.4, -0.2) is 34.5 Å². The molecule has 1 unspecified atom stereocenters. The van der Waals surface area contributed by atoms with Crippen molar-refractivity contribution in [2.24, 2.45) is 0 Å². The van der Waals surface area contributed by atoms with Crippen LogP contribution in [0.15, 0.2) is 24.3 Å². The van der Waals surface area contributed by atoms with Crippen molar-refractivity contribution in [3.05, 3.63) is 35.5 Å². The van der Waals surface area contributed by atoms with E-state index in [-0.39, 0.29) is 29.7 Å². The fourth-order valence-corrected chi connectivity index (χ4v) is 3.76. The number of rotatable bonds is 4. The number of benzene rings is 1. The zero-order valence-electron chi connectivity index (χ0n) is 16.8. The standard InChI is InChI=1S/C20H22F3N5O2S/c1-12-4-2-3-7-28(12)17-9-16(20(21,22)23)25-18(26-17)27-19(31)24-10-13-5-6-14-15(8-13)30-11-29-14/h5-6,8-9,12H,2-4,7,10-11H2,1H3,(H2,24,25,26,27,31). The maximum absolute atomic E-state index is 13.4. The van der Waals surface area contributed by atoms with Crippen LogP contribution in [0, 0.1) is 0 Å². The van der Waals surface area contributed by atoms with Gasteiger partial charge in [0.25, 0.3) is 0 Å². The first-order valence-electron chi connectivity index (χ1n) is 9.96. The van der Waals surface area contributed by atoms with Gasteiger partial charge in [0.1, 0.15) is 5.82 Å². The number of fused-ring (bicyclic) bond motifs is 1. The average molecular weight is 453 g/mol. The molecule has 1 aromatic carbocycles. The van der Waals surface area contributed by atoms with Crippen molar-refractivity contribution in [2.75, 3.05) is 23.6 Å². The molecule has 11 heteroatoms. The number of aromatic nitrogens is 2. The normalized spacial score (nSPS) is 18.1. The van der Waals surface area contributed by atoms with Crippen molar-refractivity contribution in [3.8, 4) is 11.5 Å². The summed E-state index contributed by atoms with van der Waals surface area (Å²) in [6.07, 6.45) is -1.72. The maximum Gasteiger partial charge on any atom is 0.433 e. The van der Waals surface area contributed by atoms with E-state index in [1.165, 1.54) is 0 Å². The van der Waals surface area contributed by atoms with Gasteiger partial charge in [-0.05, 0) is 56.1 Å². The highest BCUT2D eigenvalue weighted by Gasteiger charge is 2.35. The number of piperidine rings is 1. The van der Waals surface area contributed by atoms with E-state index in [1.807, 2.05) is 24.0 Å². The van der Waals surface area contributed by atoms with Crippen molar-refractivity contribution in [1.29, 1.82) is 0 Å². The van der Waals surface area contributed by atoms with E-state index >= 15 is 0 Å². The third-order valence-electron chi connectivity index (χ3n) is 5.22. The van der Waals surface area contributed by atoms with Crippen LogP contribution in [0.4, 0.5) is 24.9 Å². The summed E-state index contributed by atoms with van der Waals surface area (Å²) in [6.45, 7) is 3.16. The van der Waals surface area contributed by atoms with Crippen molar-refractivity contribution >= 4 is 29.1 Å². The molecule has 0 amide bonds. The van der Waals surface area contributed by atoms with Gasteiger partial charge in [-0.3, -0.25) is 0 Å². The van der Waals surface area contributed by atoms with Crippen LogP contribution in [0.1, 0.15) is 37.4 Å². The van der Waals surface area contributed by atoms with Crippen LogP contribution >= 0.6 is 12.2 Å². The first kappa shape index (κ1) is 21.4. The number of ether oxygens (including phenoxy) is 2.